The van der Waals surface area contributed by atoms with Gasteiger partial charge in [0.1, 0.15) is 6.04 Å². The van der Waals surface area contributed by atoms with Crippen molar-refractivity contribution in [1.82, 2.24) is 30.3 Å². The number of fused-ring (bicyclic) bond motifs is 3. The van der Waals surface area contributed by atoms with Gasteiger partial charge in [-0.3, -0.25) is 9.63 Å². The summed E-state index contributed by atoms with van der Waals surface area (Å²) in [4.78, 5) is 36.0. The van der Waals surface area contributed by atoms with Crippen LogP contribution in [0.1, 0.15) is 25.3 Å². The number of amides is 3. The first-order valence-corrected chi connectivity index (χ1v) is 12.0. The molecule has 4 atom stereocenters. The number of hydroxylamine groups is 3. The van der Waals surface area contributed by atoms with Gasteiger partial charge >= 0.3 is 35.6 Å². The minimum absolute atomic E-state index is 0. The van der Waals surface area contributed by atoms with E-state index in [0.29, 0.717) is 17.9 Å². The van der Waals surface area contributed by atoms with Gasteiger partial charge in [-0.25, -0.2) is 23.7 Å². The van der Waals surface area contributed by atoms with Gasteiger partial charge in [0.15, 0.2) is 0 Å². The summed E-state index contributed by atoms with van der Waals surface area (Å²) in [5, 5.41) is 3.92. The van der Waals surface area contributed by atoms with E-state index in [9.17, 15) is 22.6 Å². The molecule has 0 radical (unpaired) electrons. The molecule has 1 aromatic carbocycles. The van der Waals surface area contributed by atoms with Crippen LogP contribution in [0.3, 0.4) is 0 Å². The number of imidazole rings is 1. The van der Waals surface area contributed by atoms with Gasteiger partial charge in [-0.15, -0.1) is 0 Å². The summed E-state index contributed by atoms with van der Waals surface area (Å²) in [5.41, 5.74) is 4.39. The van der Waals surface area contributed by atoms with E-state index in [1.165, 1.54) is 4.90 Å². The first kappa shape index (κ1) is 25.3. The molecule has 5 rings (SSSR count). The quantitative estimate of drug-likeness (QED) is 0.171. The minimum Gasteiger partial charge on any atom is -0.724 e. The van der Waals surface area contributed by atoms with Gasteiger partial charge in [-0.05, 0) is 31.4 Å². The first-order valence-electron chi connectivity index (χ1n) is 10.6. The van der Waals surface area contributed by atoms with Crippen LogP contribution in [-0.4, -0.2) is 82.2 Å². The Bertz CT molecular complexity index is 1180. The van der Waals surface area contributed by atoms with Gasteiger partial charge in [0.2, 0.25) is 10.4 Å². The summed E-state index contributed by atoms with van der Waals surface area (Å²) in [7, 11) is -5.08. The molecule has 0 unspecified atom stereocenters. The van der Waals surface area contributed by atoms with Gasteiger partial charge in [0.25, 0.3) is 5.91 Å². The normalized spacial score (nSPS) is 26.7. The van der Waals surface area contributed by atoms with Crippen molar-refractivity contribution < 1.29 is 61.2 Å². The number of urea groups is 1. The molecule has 34 heavy (non-hydrogen) atoms. The van der Waals surface area contributed by atoms with Gasteiger partial charge in [-0.1, -0.05) is 12.1 Å². The molecule has 13 nitrogen and oxygen atoms in total. The Morgan fingerprint density at radius 2 is 2.06 bits per heavy atom. The third-order valence-corrected chi connectivity index (χ3v) is 6.67. The van der Waals surface area contributed by atoms with Gasteiger partial charge in [-0.2, -0.15) is 9.35 Å². The molecular weight excluding hydrogens is 479 g/mol. The standard InChI is InChI=1S/C19H24N6O7S.Na/c26-18(17-6-5-13-9-23(17)19(27)25(13)32-33(28,29)30)22-31-10-12-7-14(8-20-12)24-11-21-15-3-1-2-4-16(15)24;/h1-4,11-14,17,20H,5-10H2,(H,22,26)(H,28,29,30);/q;+1/p-1/t12-,13-,14+,17+;/m1./s1. The predicted molar refractivity (Wildman–Crippen MR) is 111 cm³/mol. The number of nitrogens with zero attached hydrogens (tertiary/aromatic N) is 4. The van der Waals surface area contributed by atoms with Crippen molar-refractivity contribution >= 4 is 33.4 Å². The maximum atomic E-state index is 12.6. The maximum absolute atomic E-state index is 12.6. The molecule has 0 saturated carbocycles. The van der Waals surface area contributed by atoms with E-state index in [2.05, 4.69) is 24.6 Å². The van der Waals surface area contributed by atoms with Crippen LogP contribution >= 0.6 is 0 Å². The number of nitrogens with one attached hydrogen (secondary N) is 2. The van der Waals surface area contributed by atoms with E-state index >= 15 is 0 Å². The molecule has 4 heterocycles. The van der Waals surface area contributed by atoms with Crippen LogP contribution in [0.25, 0.3) is 11.0 Å². The number of piperidine rings is 1. The van der Waals surface area contributed by atoms with Crippen LogP contribution in [0.15, 0.2) is 30.6 Å². The molecule has 3 aliphatic rings. The number of hydrogen-bond donors (Lipinski definition) is 2. The molecule has 3 saturated heterocycles. The molecule has 3 aliphatic heterocycles. The Kier molecular flexibility index (Phi) is 7.50. The second-order valence-electron chi connectivity index (χ2n) is 8.40. The molecule has 1 aromatic heterocycles. The number of hydrogen-bond acceptors (Lipinski definition) is 9. The fourth-order valence-corrected chi connectivity index (χ4v) is 5.17. The van der Waals surface area contributed by atoms with E-state index in [0.717, 1.165) is 24.0 Å². The van der Waals surface area contributed by atoms with E-state index < -0.39 is 34.4 Å². The van der Waals surface area contributed by atoms with Crippen LogP contribution in [-0.2, 0) is 24.3 Å². The molecule has 3 amide bonds. The first-order chi connectivity index (χ1) is 15.8. The predicted octanol–water partition coefficient (Wildman–Crippen LogP) is -3.35. The van der Waals surface area contributed by atoms with Crippen LogP contribution in [0.2, 0.25) is 0 Å². The van der Waals surface area contributed by atoms with Crippen molar-refractivity contribution in [3.8, 4) is 0 Å². The van der Waals surface area contributed by atoms with Crippen LogP contribution in [0.4, 0.5) is 4.79 Å². The van der Waals surface area contributed by atoms with Crippen molar-refractivity contribution in [3.05, 3.63) is 30.6 Å². The number of rotatable bonds is 7. The molecule has 3 fully saturated rings. The number of benzene rings is 1. The van der Waals surface area contributed by atoms with Crippen LogP contribution in [0.5, 0.6) is 0 Å². The number of carbonyl (C=O) groups excluding carboxylic acids is 2. The molecule has 0 aliphatic carbocycles. The zero-order valence-corrected chi connectivity index (χ0v) is 21.3. The molecule has 15 heteroatoms. The third-order valence-electron chi connectivity index (χ3n) is 6.33. The van der Waals surface area contributed by atoms with Crippen molar-refractivity contribution in [1.29, 1.82) is 0 Å². The summed E-state index contributed by atoms with van der Waals surface area (Å²) in [5.74, 6) is -0.510. The van der Waals surface area contributed by atoms with E-state index in [-0.39, 0.29) is 54.8 Å². The second-order valence-corrected chi connectivity index (χ2v) is 9.37. The molecule has 2 N–H and O–H groups in total. The summed E-state index contributed by atoms with van der Waals surface area (Å²) >= 11 is 0. The Balaban J connectivity index is 0.00000274. The van der Waals surface area contributed by atoms with E-state index in [1.54, 1.807) is 0 Å². The fraction of sp³-hybridized carbons (Fsp3) is 0.526. The third kappa shape index (κ3) is 5.09. The smallest absolute Gasteiger partial charge is 0.724 e. The number of para-hydroxylation sites is 2. The topological polar surface area (TPSA) is 158 Å². The summed E-state index contributed by atoms with van der Waals surface area (Å²) in [6.45, 7) is 1.08. The average Bonchev–Trinajstić information content (AvgIpc) is 3.47. The number of carbonyl (C=O) groups is 2. The fourth-order valence-electron chi connectivity index (χ4n) is 4.79. The maximum Gasteiger partial charge on any atom is 1.00 e. The summed E-state index contributed by atoms with van der Waals surface area (Å²) in [6, 6.07) is 5.89. The summed E-state index contributed by atoms with van der Waals surface area (Å²) in [6.07, 6.45) is 3.24. The van der Waals surface area contributed by atoms with E-state index in [4.69, 9.17) is 4.84 Å². The Labute approximate surface area is 217 Å². The number of aromatic nitrogens is 2. The molecule has 2 bridgehead atoms. The zero-order chi connectivity index (χ0) is 23.2. The van der Waals surface area contributed by atoms with Gasteiger partial charge in [0, 0.05) is 25.2 Å². The Morgan fingerprint density at radius 3 is 2.85 bits per heavy atom. The zero-order valence-electron chi connectivity index (χ0n) is 18.5. The van der Waals surface area contributed by atoms with Gasteiger partial charge < -0.3 is 19.3 Å². The Morgan fingerprint density at radius 1 is 1.26 bits per heavy atom. The minimum atomic E-state index is -5.08. The van der Waals surface area contributed by atoms with E-state index in [1.807, 2.05) is 30.6 Å². The molecule has 2 aromatic rings. The molecule has 178 valence electrons. The van der Waals surface area contributed by atoms with Crippen molar-refractivity contribution in [2.75, 3.05) is 19.7 Å². The largest absolute Gasteiger partial charge is 1.00 e. The SMILES string of the molecule is O=C(NOC[C@H]1C[C@H](n2cnc3ccccc32)CN1)[C@@H]1CC[C@@H]2CN1C(=O)N2OS(=O)(=O)[O-].[Na+]. The monoisotopic (exact) mass is 502 g/mol. The van der Waals surface area contributed by atoms with Crippen molar-refractivity contribution in [3.63, 3.8) is 0 Å². The second kappa shape index (κ2) is 10.1. The average molecular weight is 502 g/mol. The van der Waals surface area contributed by atoms with Crippen molar-refractivity contribution in [2.24, 2.45) is 0 Å². The van der Waals surface area contributed by atoms with Crippen molar-refractivity contribution in [2.45, 2.75) is 43.4 Å². The molecular formula is C19H23N6NaO7S. The van der Waals surface area contributed by atoms with Crippen LogP contribution in [0, 0.1) is 0 Å². The summed E-state index contributed by atoms with van der Waals surface area (Å²) < 4.78 is 39.0. The van der Waals surface area contributed by atoms with Gasteiger partial charge in [0.05, 0.1) is 30.0 Å². The molecule has 0 spiro atoms. The van der Waals surface area contributed by atoms with Crippen LogP contribution < -0.4 is 40.4 Å². The Hall–Kier alpha value is -1.78.